The van der Waals surface area contributed by atoms with Gasteiger partial charge >= 0.3 is 0 Å². The SMILES string of the molecule is CCOc1ccccc1CNS(=O)(=O)c1ccc(C=Cc2onc(C)c2NC(C)=O)s1. The molecule has 0 saturated carbocycles. The molecule has 0 saturated heterocycles. The highest BCUT2D eigenvalue weighted by Gasteiger charge is 2.17. The van der Waals surface area contributed by atoms with Gasteiger partial charge in [-0.3, -0.25) is 4.79 Å². The molecule has 2 N–H and O–H groups in total. The lowest BCUT2D eigenvalue weighted by Crippen LogP contribution is -2.22. The largest absolute Gasteiger partial charge is 0.494 e. The number of ether oxygens (including phenoxy) is 1. The zero-order valence-corrected chi connectivity index (χ0v) is 19.0. The molecule has 0 radical (unpaired) electrons. The van der Waals surface area contributed by atoms with Crippen molar-refractivity contribution in [3.63, 3.8) is 0 Å². The average molecular weight is 462 g/mol. The molecule has 2 aromatic heterocycles. The van der Waals surface area contributed by atoms with Crippen molar-refractivity contribution < 1.29 is 22.5 Å². The minimum absolute atomic E-state index is 0.124. The molecule has 0 unspecified atom stereocenters. The highest BCUT2D eigenvalue weighted by atomic mass is 32.2. The average Bonchev–Trinajstić information content (AvgIpc) is 3.34. The Hall–Kier alpha value is -2.95. The molecule has 0 aliphatic carbocycles. The van der Waals surface area contributed by atoms with Gasteiger partial charge in [0.05, 0.1) is 6.61 Å². The highest BCUT2D eigenvalue weighted by Crippen LogP contribution is 2.27. The first-order valence-corrected chi connectivity index (χ1v) is 11.8. The van der Waals surface area contributed by atoms with Gasteiger partial charge in [-0.05, 0) is 44.2 Å². The van der Waals surface area contributed by atoms with Crippen molar-refractivity contribution >= 4 is 45.1 Å². The zero-order valence-electron chi connectivity index (χ0n) is 17.3. The number of carbonyl (C=O) groups is 1. The van der Waals surface area contributed by atoms with Crippen molar-refractivity contribution in [1.82, 2.24) is 9.88 Å². The van der Waals surface area contributed by atoms with E-state index in [1.54, 1.807) is 31.2 Å². The molecule has 10 heteroatoms. The number of aryl methyl sites for hydroxylation is 1. The topological polar surface area (TPSA) is 111 Å². The van der Waals surface area contributed by atoms with Crippen LogP contribution >= 0.6 is 11.3 Å². The summed E-state index contributed by atoms with van der Waals surface area (Å²) in [6.45, 7) is 5.62. The van der Waals surface area contributed by atoms with Crippen molar-refractivity contribution in [3.05, 3.63) is 58.3 Å². The first-order valence-electron chi connectivity index (χ1n) is 9.52. The quantitative estimate of drug-likeness (QED) is 0.497. The number of sulfonamides is 1. The third-order valence-corrected chi connectivity index (χ3v) is 7.12. The predicted molar refractivity (Wildman–Crippen MR) is 120 cm³/mol. The molecule has 3 rings (SSSR count). The molecule has 2 heterocycles. The fourth-order valence-corrected chi connectivity index (χ4v) is 5.03. The van der Waals surface area contributed by atoms with Gasteiger partial charge in [-0.2, -0.15) is 0 Å². The van der Waals surface area contributed by atoms with E-state index in [4.69, 9.17) is 9.26 Å². The van der Waals surface area contributed by atoms with E-state index in [0.29, 0.717) is 34.4 Å². The standard InChI is InChI=1S/C21H23N3O5S2/c1-4-28-18-8-6-5-7-16(18)13-22-31(26,27)20-12-10-17(30-20)9-11-19-21(23-15(3)25)14(2)24-29-19/h5-12,22H,4,13H2,1-3H3,(H,23,25). The van der Waals surface area contributed by atoms with Crippen molar-refractivity contribution in [2.24, 2.45) is 0 Å². The van der Waals surface area contributed by atoms with Crippen molar-refractivity contribution in [3.8, 4) is 5.75 Å². The molecule has 164 valence electrons. The van der Waals surface area contributed by atoms with E-state index >= 15 is 0 Å². The number of thiophene rings is 1. The van der Waals surface area contributed by atoms with Crippen LogP contribution in [0.4, 0.5) is 5.69 Å². The number of amides is 1. The van der Waals surface area contributed by atoms with E-state index in [-0.39, 0.29) is 16.7 Å². The molecule has 0 spiro atoms. The lowest BCUT2D eigenvalue weighted by molar-refractivity contribution is -0.114. The van der Waals surface area contributed by atoms with E-state index in [0.717, 1.165) is 16.9 Å². The molecule has 0 atom stereocenters. The summed E-state index contributed by atoms with van der Waals surface area (Å²) >= 11 is 1.12. The van der Waals surface area contributed by atoms with Crippen LogP contribution in [0, 0.1) is 6.92 Å². The second kappa shape index (κ2) is 9.90. The molecular weight excluding hydrogens is 438 g/mol. The first-order chi connectivity index (χ1) is 14.8. The summed E-state index contributed by atoms with van der Waals surface area (Å²) in [5.41, 5.74) is 1.81. The summed E-state index contributed by atoms with van der Waals surface area (Å²) in [6.07, 6.45) is 3.35. The lowest BCUT2D eigenvalue weighted by atomic mass is 10.2. The minimum atomic E-state index is -3.69. The molecule has 1 amide bonds. The molecule has 1 aromatic carbocycles. The number of para-hydroxylation sites is 1. The predicted octanol–water partition coefficient (Wildman–Crippen LogP) is 4.05. The van der Waals surface area contributed by atoms with Gasteiger partial charge in [0.15, 0.2) is 5.76 Å². The number of aromatic nitrogens is 1. The van der Waals surface area contributed by atoms with Gasteiger partial charge in [0, 0.05) is 23.9 Å². The number of anilines is 1. The van der Waals surface area contributed by atoms with E-state index in [1.165, 1.54) is 6.92 Å². The third-order valence-electron chi connectivity index (χ3n) is 4.18. The van der Waals surface area contributed by atoms with Crippen LogP contribution in [0.2, 0.25) is 0 Å². The Labute approximate surface area is 185 Å². The number of benzene rings is 1. The van der Waals surface area contributed by atoms with Crippen molar-refractivity contribution in [2.45, 2.75) is 31.5 Å². The van der Waals surface area contributed by atoms with Crippen molar-refractivity contribution in [2.75, 3.05) is 11.9 Å². The fraction of sp³-hybridized carbons (Fsp3) is 0.238. The fourth-order valence-electron chi connectivity index (χ4n) is 2.75. The third kappa shape index (κ3) is 5.81. The van der Waals surface area contributed by atoms with Gasteiger partial charge < -0.3 is 14.6 Å². The summed E-state index contributed by atoms with van der Waals surface area (Å²) in [5, 5.41) is 6.52. The number of carbonyl (C=O) groups excluding carboxylic acids is 1. The smallest absolute Gasteiger partial charge is 0.250 e. The van der Waals surface area contributed by atoms with E-state index in [2.05, 4.69) is 15.2 Å². The summed E-state index contributed by atoms with van der Waals surface area (Å²) in [5.74, 6) is 0.804. The first kappa shape index (κ1) is 22.7. The molecule has 31 heavy (non-hydrogen) atoms. The van der Waals surface area contributed by atoms with E-state index < -0.39 is 10.0 Å². The second-order valence-corrected chi connectivity index (χ2v) is 9.65. The lowest BCUT2D eigenvalue weighted by Gasteiger charge is -2.10. The van der Waals surface area contributed by atoms with Crippen LogP contribution < -0.4 is 14.8 Å². The summed E-state index contributed by atoms with van der Waals surface area (Å²) in [6, 6.07) is 10.5. The van der Waals surface area contributed by atoms with Gasteiger partial charge in [-0.15, -0.1) is 11.3 Å². The molecule has 0 bridgehead atoms. The van der Waals surface area contributed by atoms with E-state index in [1.807, 2.05) is 31.2 Å². The molecule has 8 nitrogen and oxygen atoms in total. The van der Waals surface area contributed by atoms with Crippen LogP contribution in [0.5, 0.6) is 5.75 Å². The number of rotatable bonds is 9. The molecule has 0 aliphatic heterocycles. The monoisotopic (exact) mass is 461 g/mol. The van der Waals surface area contributed by atoms with Gasteiger partial charge in [-0.1, -0.05) is 23.4 Å². The zero-order chi connectivity index (χ0) is 22.4. The molecule has 0 fully saturated rings. The Kier molecular flexibility index (Phi) is 7.26. The Balaban J connectivity index is 1.72. The maximum absolute atomic E-state index is 12.7. The number of nitrogens with one attached hydrogen (secondary N) is 2. The molecule has 0 aliphatic rings. The Morgan fingerprint density at radius 1 is 1.23 bits per heavy atom. The second-order valence-electron chi connectivity index (χ2n) is 6.54. The number of hydrogen-bond acceptors (Lipinski definition) is 7. The van der Waals surface area contributed by atoms with Crippen LogP contribution in [0.25, 0.3) is 12.2 Å². The number of nitrogens with zero attached hydrogens (tertiary/aromatic N) is 1. The Bertz CT molecular complexity index is 1200. The van der Waals surface area contributed by atoms with Crippen molar-refractivity contribution in [1.29, 1.82) is 0 Å². The van der Waals surface area contributed by atoms with E-state index in [9.17, 15) is 13.2 Å². The van der Waals surface area contributed by atoms with Crippen LogP contribution in [0.1, 0.15) is 35.7 Å². The maximum Gasteiger partial charge on any atom is 0.250 e. The maximum atomic E-state index is 12.7. The number of hydrogen-bond donors (Lipinski definition) is 2. The Morgan fingerprint density at radius 3 is 2.74 bits per heavy atom. The van der Waals surface area contributed by atoms with Crippen LogP contribution in [0.3, 0.4) is 0 Å². The molecular formula is C21H23N3O5S2. The summed E-state index contributed by atoms with van der Waals surface area (Å²) in [4.78, 5) is 12.0. The molecule has 3 aromatic rings. The van der Waals surface area contributed by atoms with Crippen LogP contribution in [-0.2, 0) is 21.4 Å². The van der Waals surface area contributed by atoms with Crippen LogP contribution in [-0.4, -0.2) is 26.1 Å². The van der Waals surface area contributed by atoms with Gasteiger partial charge in [0.2, 0.25) is 15.9 Å². The Morgan fingerprint density at radius 2 is 2.00 bits per heavy atom. The van der Waals surface area contributed by atoms with Gasteiger partial charge in [0.25, 0.3) is 0 Å². The summed E-state index contributed by atoms with van der Waals surface area (Å²) in [7, 11) is -3.69. The highest BCUT2D eigenvalue weighted by molar-refractivity contribution is 7.91. The van der Waals surface area contributed by atoms with Gasteiger partial charge in [0.1, 0.15) is 21.3 Å². The summed E-state index contributed by atoms with van der Waals surface area (Å²) < 4.78 is 39.0. The van der Waals surface area contributed by atoms with Crippen LogP contribution in [0.15, 0.2) is 45.1 Å². The minimum Gasteiger partial charge on any atom is -0.494 e. The van der Waals surface area contributed by atoms with Gasteiger partial charge in [-0.25, -0.2) is 13.1 Å². The normalized spacial score (nSPS) is 11.7.